The molecule has 184 valence electrons. The first-order chi connectivity index (χ1) is 16.9. The number of nitrogens with one attached hydrogen (secondary N) is 4. The second-order valence-corrected chi connectivity index (χ2v) is 9.75. The van der Waals surface area contributed by atoms with Crippen molar-refractivity contribution in [1.29, 1.82) is 0 Å². The number of carbonyl (C=O) groups excluding carboxylic acids is 2. The summed E-state index contributed by atoms with van der Waals surface area (Å²) in [6, 6.07) is 11.8. The number of piperazine rings is 1. The molecule has 10 heteroatoms. The molecule has 1 atom stereocenters. The van der Waals surface area contributed by atoms with E-state index in [0.29, 0.717) is 18.8 Å². The summed E-state index contributed by atoms with van der Waals surface area (Å²) in [5, 5.41) is 12.3. The molecule has 0 radical (unpaired) electrons. The molecule has 0 aliphatic carbocycles. The molecule has 3 amide bonds. The highest BCUT2D eigenvalue weighted by Crippen LogP contribution is 2.28. The Bertz CT molecular complexity index is 1130. The van der Waals surface area contributed by atoms with Crippen LogP contribution < -0.4 is 21.3 Å². The lowest BCUT2D eigenvalue weighted by Gasteiger charge is -2.34. The summed E-state index contributed by atoms with van der Waals surface area (Å²) < 4.78 is 0. The van der Waals surface area contributed by atoms with E-state index in [9.17, 15) is 9.59 Å². The third-order valence-corrected chi connectivity index (χ3v) is 6.78. The van der Waals surface area contributed by atoms with Gasteiger partial charge in [-0.3, -0.25) is 9.69 Å². The highest BCUT2D eigenvalue weighted by molar-refractivity contribution is 8.03. The van der Waals surface area contributed by atoms with Crippen molar-refractivity contribution in [1.82, 2.24) is 25.4 Å². The number of carbonyl (C=O) groups is 2. The Balaban J connectivity index is 1.55. The van der Waals surface area contributed by atoms with Crippen LogP contribution in [0, 0.1) is 0 Å². The number of amides is 3. The Morgan fingerprint density at radius 2 is 2.03 bits per heavy atom. The second kappa shape index (κ2) is 11.3. The van der Waals surface area contributed by atoms with Crippen molar-refractivity contribution >= 4 is 35.2 Å². The lowest BCUT2D eigenvalue weighted by Crippen LogP contribution is -2.50. The molecule has 2 aliphatic rings. The van der Waals surface area contributed by atoms with E-state index >= 15 is 0 Å². The highest BCUT2D eigenvalue weighted by atomic mass is 32.2. The van der Waals surface area contributed by atoms with Gasteiger partial charge >= 0.3 is 6.03 Å². The fourth-order valence-electron chi connectivity index (χ4n) is 4.03. The van der Waals surface area contributed by atoms with E-state index in [1.165, 1.54) is 11.0 Å². The highest BCUT2D eigenvalue weighted by Gasteiger charge is 2.21. The molecule has 9 nitrogen and oxygen atoms in total. The predicted octanol–water partition coefficient (Wildman–Crippen LogP) is 3.22. The molecular formula is C25H31N7O2S. The molecule has 0 bridgehead atoms. The maximum Gasteiger partial charge on any atom is 0.317 e. The predicted molar refractivity (Wildman–Crippen MR) is 142 cm³/mol. The van der Waals surface area contributed by atoms with Crippen LogP contribution in [0.3, 0.4) is 0 Å². The van der Waals surface area contributed by atoms with E-state index in [-0.39, 0.29) is 17.4 Å². The summed E-state index contributed by atoms with van der Waals surface area (Å²) in [5.74, 6) is 0.518. The number of anilines is 2. The first-order valence-electron chi connectivity index (χ1n) is 11.5. The quantitative estimate of drug-likeness (QED) is 0.439. The Kier molecular flexibility index (Phi) is 7.94. The van der Waals surface area contributed by atoms with Crippen molar-refractivity contribution in [2.75, 3.05) is 43.9 Å². The second-order valence-electron chi connectivity index (χ2n) is 8.40. The van der Waals surface area contributed by atoms with Gasteiger partial charge in [0.05, 0.1) is 5.69 Å². The maximum absolute atomic E-state index is 11.9. The van der Waals surface area contributed by atoms with Crippen molar-refractivity contribution < 1.29 is 9.59 Å². The minimum absolute atomic E-state index is 0.0138. The van der Waals surface area contributed by atoms with Crippen LogP contribution in [0.15, 0.2) is 60.2 Å². The molecule has 4 rings (SSSR count). The number of rotatable bonds is 7. The number of urea groups is 1. The fraction of sp³-hybridized carbons (Fsp3) is 0.320. The van der Waals surface area contributed by atoms with E-state index in [1.54, 1.807) is 18.8 Å². The molecular weight excluding hydrogens is 462 g/mol. The minimum Gasteiger partial charge on any atom is -0.362 e. The SMILES string of the molecule is C=CC(=O)Nc1cccc(-c2cc(CN3CCN(C(=O)NC)CC3)cc(NC3NC=C(C)S3)n2)c1. The van der Waals surface area contributed by atoms with Gasteiger partial charge in [-0.2, -0.15) is 0 Å². The zero-order valence-corrected chi connectivity index (χ0v) is 20.8. The zero-order chi connectivity index (χ0) is 24.8. The zero-order valence-electron chi connectivity index (χ0n) is 20.0. The summed E-state index contributed by atoms with van der Waals surface area (Å²) in [4.78, 5) is 33.9. The van der Waals surface area contributed by atoms with Gasteiger partial charge in [-0.15, -0.1) is 0 Å². The van der Waals surface area contributed by atoms with E-state index < -0.39 is 0 Å². The number of aromatic nitrogens is 1. The molecule has 35 heavy (non-hydrogen) atoms. The van der Waals surface area contributed by atoms with Crippen LogP contribution in [0.4, 0.5) is 16.3 Å². The number of allylic oxidation sites excluding steroid dienone is 1. The number of nitrogens with zero attached hydrogens (tertiary/aromatic N) is 3. The molecule has 0 saturated carbocycles. The summed E-state index contributed by atoms with van der Waals surface area (Å²) in [7, 11) is 1.66. The smallest absolute Gasteiger partial charge is 0.317 e. The molecule has 2 aromatic rings. The molecule has 0 spiro atoms. The molecule has 3 heterocycles. The van der Waals surface area contributed by atoms with Crippen molar-refractivity contribution in [3.8, 4) is 11.3 Å². The number of hydrogen-bond donors (Lipinski definition) is 4. The average molecular weight is 494 g/mol. The van der Waals surface area contributed by atoms with E-state index in [0.717, 1.165) is 42.3 Å². The van der Waals surface area contributed by atoms with Gasteiger partial charge in [-0.05, 0) is 42.8 Å². The average Bonchev–Trinajstić information content (AvgIpc) is 3.28. The summed E-state index contributed by atoms with van der Waals surface area (Å²) in [6.07, 6.45) is 3.24. The normalized spacial score (nSPS) is 17.8. The van der Waals surface area contributed by atoms with Crippen molar-refractivity contribution in [3.63, 3.8) is 0 Å². The number of hydrogen-bond acceptors (Lipinski definition) is 7. The Morgan fingerprint density at radius 3 is 2.71 bits per heavy atom. The van der Waals surface area contributed by atoms with Gasteiger partial charge in [0.15, 0.2) is 5.50 Å². The van der Waals surface area contributed by atoms with Crippen molar-refractivity contribution in [3.05, 3.63) is 65.7 Å². The van der Waals surface area contributed by atoms with Crippen LogP contribution in [0.2, 0.25) is 0 Å². The minimum atomic E-state index is -0.255. The molecule has 2 aliphatic heterocycles. The first-order valence-corrected chi connectivity index (χ1v) is 12.4. The summed E-state index contributed by atoms with van der Waals surface area (Å²) in [6.45, 7) is 9.33. The lowest BCUT2D eigenvalue weighted by molar-refractivity contribution is -0.111. The molecule has 1 aromatic carbocycles. The third-order valence-electron chi connectivity index (χ3n) is 5.80. The molecule has 4 N–H and O–H groups in total. The van der Waals surface area contributed by atoms with Crippen LogP contribution in [0.5, 0.6) is 0 Å². The van der Waals surface area contributed by atoms with Gasteiger partial charge in [-0.1, -0.05) is 30.5 Å². The van der Waals surface area contributed by atoms with Gasteiger partial charge < -0.3 is 26.2 Å². The number of benzene rings is 1. The van der Waals surface area contributed by atoms with Crippen LogP contribution in [0.1, 0.15) is 12.5 Å². The van der Waals surface area contributed by atoms with E-state index in [1.807, 2.05) is 35.4 Å². The van der Waals surface area contributed by atoms with Gasteiger partial charge in [0.25, 0.3) is 0 Å². The van der Waals surface area contributed by atoms with Crippen molar-refractivity contribution in [2.24, 2.45) is 0 Å². The van der Waals surface area contributed by atoms with Crippen LogP contribution in [-0.2, 0) is 11.3 Å². The summed E-state index contributed by atoms with van der Waals surface area (Å²) >= 11 is 1.71. The Morgan fingerprint density at radius 1 is 1.23 bits per heavy atom. The van der Waals surface area contributed by atoms with Gasteiger partial charge in [0.2, 0.25) is 5.91 Å². The standard InChI is InChI=1S/C25H31N7O2S/c1-4-23(33)28-20-7-5-6-19(14-20)21-12-18(13-22(29-21)30-24-27-15-17(2)35-24)16-31-8-10-32(11-9-31)25(34)26-3/h4-7,12-15,24,27H,1,8-11,16H2,2-3H3,(H,26,34)(H,28,33)(H,29,30). The fourth-order valence-corrected chi connectivity index (χ4v) is 4.85. The number of pyridine rings is 1. The van der Waals surface area contributed by atoms with Crippen LogP contribution >= 0.6 is 11.8 Å². The van der Waals surface area contributed by atoms with Gasteiger partial charge in [0, 0.05) is 62.1 Å². The molecule has 1 saturated heterocycles. The maximum atomic E-state index is 11.9. The van der Waals surface area contributed by atoms with E-state index in [4.69, 9.17) is 4.98 Å². The van der Waals surface area contributed by atoms with Crippen molar-refractivity contribution in [2.45, 2.75) is 19.0 Å². The number of thioether (sulfide) groups is 1. The lowest BCUT2D eigenvalue weighted by atomic mass is 10.1. The Labute approximate surface area is 210 Å². The van der Waals surface area contributed by atoms with Crippen LogP contribution in [-0.4, -0.2) is 65.4 Å². The third kappa shape index (κ3) is 6.55. The molecule has 1 fully saturated rings. The van der Waals surface area contributed by atoms with Crippen LogP contribution in [0.25, 0.3) is 11.3 Å². The van der Waals surface area contributed by atoms with E-state index in [2.05, 4.69) is 51.8 Å². The summed E-state index contributed by atoms with van der Waals surface area (Å²) in [5.41, 5.74) is 3.55. The first kappa shape index (κ1) is 24.6. The topological polar surface area (TPSA) is 102 Å². The molecule has 1 aromatic heterocycles. The Hall–Kier alpha value is -3.50. The largest absolute Gasteiger partial charge is 0.362 e. The molecule has 1 unspecified atom stereocenters. The van der Waals surface area contributed by atoms with Gasteiger partial charge in [0.1, 0.15) is 5.82 Å². The monoisotopic (exact) mass is 493 g/mol. The van der Waals surface area contributed by atoms with Gasteiger partial charge in [-0.25, -0.2) is 9.78 Å².